The Balaban J connectivity index is 2.08. The average Bonchev–Trinajstić information content (AvgIpc) is 2.60. The number of ether oxygens (including phenoxy) is 2. The number of carbonyl (C=O) groups is 1. The molecule has 26 heavy (non-hydrogen) atoms. The van der Waals surface area contributed by atoms with E-state index in [9.17, 15) is 14.9 Å². The Morgan fingerprint density at radius 2 is 2.04 bits per heavy atom. The molecule has 0 radical (unpaired) electrons. The van der Waals surface area contributed by atoms with Crippen LogP contribution >= 0.6 is 11.8 Å². The molecule has 0 atom stereocenters. The highest BCUT2D eigenvalue weighted by Gasteiger charge is 2.14. The maximum atomic E-state index is 11.7. The van der Waals surface area contributed by atoms with Gasteiger partial charge in [-0.05, 0) is 24.3 Å². The van der Waals surface area contributed by atoms with Crippen molar-refractivity contribution in [2.75, 3.05) is 18.2 Å². The second-order valence-electron chi connectivity index (χ2n) is 5.69. The van der Waals surface area contributed by atoms with Crippen LogP contribution in [0.2, 0.25) is 0 Å². The summed E-state index contributed by atoms with van der Waals surface area (Å²) < 4.78 is 10.7. The highest BCUT2D eigenvalue weighted by Crippen LogP contribution is 2.33. The van der Waals surface area contributed by atoms with E-state index in [-0.39, 0.29) is 17.4 Å². The number of nitro groups is 1. The lowest BCUT2D eigenvalue weighted by molar-refractivity contribution is -0.387. The van der Waals surface area contributed by atoms with Gasteiger partial charge in [-0.3, -0.25) is 15.4 Å². The number of nitrogens with zero attached hydrogens (tertiary/aromatic N) is 2. The quantitative estimate of drug-likeness (QED) is 0.423. The highest BCUT2D eigenvalue weighted by molar-refractivity contribution is 7.98. The van der Waals surface area contributed by atoms with E-state index in [1.165, 1.54) is 36.2 Å². The molecule has 0 saturated heterocycles. The number of pyridine rings is 1. The van der Waals surface area contributed by atoms with E-state index in [2.05, 4.69) is 10.3 Å². The summed E-state index contributed by atoms with van der Waals surface area (Å²) >= 11 is 1.26. The van der Waals surface area contributed by atoms with Crippen LogP contribution in [0.15, 0.2) is 41.4 Å². The molecule has 0 saturated carbocycles. The second kappa shape index (κ2) is 9.04. The summed E-state index contributed by atoms with van der Waals surface area (Å²) in [5.41, 5.74) is 0.0230. The van der Waals surface area contributed by atoms with Crippen molar-refractivity contribution in [3.63, 3.8) is 0 Å². The predicted octanol–water partition coefficient (Wildman–Crippen LogP) is 4.71. The molecule has 1 N–H and O–H groups in total. The third-order valence-electron chi connectivity index (χ3n) is 3.09. The Morgan fingerprint density at radius 1 is 1.31 bits per heavy atom. The first-order chi connectivity index (χ1) is 12.4. The van der Waals surface area contributed by atoms with Crippen LogP contribution in [0.3, 0.4) is 0 Å². The lowest BCUT2D eigenvalue weighted by atomic mass is 10.2. The lowest BCUT2D eigenvalue weighted by Crippen LogP contribution is -2.17. The van der Waals surface area contributed by atoms with Gasteiger partial charge in [0, 0.05) is 24.4 Å². The van der Waals surface area contributed by atoms with E-state index in [4.69, 9.17) is 9.47 Å². The second-order valence-corrected chi connectivity index (χ2v) is 6.53. The Morgan fingerprint density at radius 3 is 2.69 bits per heavy atom. The molecule has 1 aromatic heterocycles. The van der Waals surface area contributed by atoms with E-state index in [0.717, 1.165) is 0 Å². The normalized spacial score (nSPS) is 10.5. The van der Waals surface area contributed by atoms with Gasteiger partial charge in [0.1, 0.15) is 17.3 Å². The summed E-state index contributed by atoms with van der Waals surface area (Å²) in [5.74, 6) is 1.39. The summed E-state index contributed by atoms with van der Waals surface area (Å²) in [6.45, 7) is 4.18. The standard InChI is InChI=1S/C17H19N3O5S/c1-11(2)10-24-17(21)19-16-9-13(6-7-18-16)25-12-4-5-14(20(22)23)15(8-12)26-3/h4-9,11H,10H2,1-3H3,(H,18,19,21). The molecule has 0 aliphatic carbocycles. The third kappa shape index (κ3) is 5.62. The van der Waals surface area contributed by atoms with Gasteiger partial charge < -0.3 is 9.47 Å². The van der Waals surface area contributed by atoms with Crippen molar-refractivity contribution in [2.45, 2.75) is 18.7 Å². The van der Waals surface area contributed by atoms with Gasteiger partial charge >= 0.3 is 6.09 Å². The summed E-state index contributed by atoms with van der Waals surface area (Å²) in [6.07, 6.45) is 2.64. The number of nitrogens with one attached hydrogen (secondary N) is 1. The first-order valence-corrected chi connectivity index (χ1v) is 9.01. The van der Waals surface area contributed by atoms with Gasteiger partial charge in [-0.2, -0.15) is 0 Å². The first kappa shape index (κ1) is 19.5. The third-order valence-corrected chi connectivity index (χ3v) is 3.86. The van der Waals surface area contributed by atoms with Crippen LogP contribution in [0.4, 0.5) is 16.3 Å². The Hall–Kier alpha value is -2.81. The van der Waals surface area contributed by atoms with Crippen molar-refractivity contribution in [1.82, 2.24) is 4.98 Å². The summed E-state index contributed by atoms with van der Waals surface area (Å²) in [7, 11) is 0. The summed E-state index contributed by atoms with van der Waals surface area (Å²) in [5, 5.41) is 13.5. The van der Waals surface area contributed by atoms with Gasteiger partial charge in [0.05, 0.1) is 16.4 Å². The zero-order valence-corrected chi connectivity index (χ0v) is 15.4. The number of nitro benzene ring substituents is 1. The molecule has 0 unspecified atom stereocenters. The minimum Gasteiger partial charge on any atom is -0.457 e. The molecule has 2 rings (SSSR count). The average molecular weight is 377 g/mol. The molecule has 138 valence electrons. The largest absolute Gasteiger partial charge is 0.457 e. The van der Waals surface area contributed by atoms with Crippen LogP contribution in [0.5, 0.6) is 11.5 Å². The molecule has 0 bridgehead atoms. The van der Waals surface area contributed by atoms with Gasteiger partial charge in [0.15, 0.2) is 0 Å². The van der Waals surface area contributed by atoms with Crippen molar-refractivity contribution >= 4 is 29.4 Å². The molecule has 1 amide bonds. The van der Waals surface area contributed by atoms with E-state index >= 15 is 0 Å². The van der Waals surface area contributed by atoms with E-state index < -0.39 is 11.0 Å². The minimum absolute atomic E-state index is 0.0230. The Labute approximate surface area is 155 Å². The van der Waals surface area contributed by atoms with Crippen molar-refractivity contribution < 1.29 is 19.2 Å². The monoisotopic (exact) mass is 377 g/mol. The number of carbonyl (C=O) groups excluding carboxylic acids is 1. The molecule has 9 heteroatoms. The molecular formula is C17H19N3O5S. The van der Waals surface area contributed by atoms with Crippen molar-refractivity contribution in [3.8, 4) is 11.5 Å². The fourth-order valence-electron chi connectivity index (χ4n) is 1.93. The number of anilines is 1. The molecule has 0 aliphatic rings. The topological polar surface area (TPSA) is 104 Å². The molecular weight excluding hydrogens is 358 g/mol. The molecule has 1 heterocycles. The van der Waals surface area contributed by atoms with Gasteiger partial charge in [0.25, 0.3) is 5.69 Å². The van der Waals surface area contributed by atoms with Crippen LogP contribution in [0, 0.1) is 16.0 Å². The van der Waals surface area contributed by atoms with E-state index in [1.54, 1.807) is 18.4 Å². The molecule has 8 nitrogen and oxygen atoms in total. The fraction of sp³-hybridized carbons (Fsp3) is 0.294. The van der Waals surface area contributed by atoms with Crippen LogP contribution in [-0.2, 0) is 4.74 Å². The smallest absolute Gasteiger partial charge is 0.412 e. The predicted molar refractivity (Wildman–Crippen MR) is 99.0 cm³/mol. The van der Waals surface area contributed by atoms with E-state index in [1.807, 2.05) is 13.8 Å². The van der Waals surface area contributed by atoms with Crippen LogP contribution in [0.25, 0.3) is 0 Å². The van der Waals surface area contributed by atoms with Crippen LogP contribution < -0.4 is 10.1 Å². The fourth-order valence-corrected chi connectivity index (χ4v) is 2.52. The highest BCUT2D eigenvalue weighted by atomic mass is 32.2. The maximum Gasteiger partial charge on any atom is 0.412 e. The Bertz CT molecular complexity index is 798. The van der Waals surface area contributed by atoms with Crippen LogP contribution in [0.1, 0.15) is 13.8 Å². The zero-order valence-electron chi connectivity index (χ0n) is 14.6. The van der Waals surface area contributed by atoms with Gasteiger partial charge in [0.2, 0.25) is 0 Å². The number of benzene rings is 1. The van der Waals surface area contributed by atoms with Crippen molar-refractivity contribution in [1.29, 1.82) is 0 Å². The summed E-state index contributed by atoms with van der Waals surface area (Å²) in [6, 6.07) is 7.65. The number of thioether (sulfide) groups is 1. The molecule has 0 fully saturated rings. The van der Waals surface area contributed by atoms with E-state index in [0.29, 0.717) is 23.0 Å². The number of amides is 1. The number of aromatic nitrogens is 1. The zero-order chi connectivity index (χ0) is 19.1. The van der Waals surface area contributed by atoms with Gasteiger partial charge in [-0.25, -0.2) is 9.78 Å². The molecule has 0 spiro atoms. The molecule has 0 aliphatic heterocycles. The number of hydrogen-bond acceptors (Lipinski definition) is 7. The SMILES string of the molecule is CSc1cc(Oc2ccnc(NC(=O)OCC(C)C)c2)ccc1[N+](=O)[O-]. The molecule has 1 aromatic carbocycles. The lowest BCUT2D eigenvalue weighted by Gasteiger charge is -2.10. The van der Waals surface area contributed by atoms with Crippen LogP contribution in [-0.4, -0.2) is 28.9 Å². The maximum absolute atomic E-state index is 11.7. The van der Waals surface area contributed by atoms with Gasteiger partial charge in [-0.15, -0.1) is 11.8 Å². The minimum atomic E-state index is -0.594. The number of rotatable bonds is 7. The number of hydrogen-bond donors (Lipinski definition) is 1. The summed E-state index contributed by atoms with van der Waals surface area (Å²) in [4.78, 5) is 26.8. The van der Waals surface area contributed by atoms with Crippen molar-refractivity contribution in [3.05, 3.63) is 46.6 Å². The first-order valence-electron chi connectivity index (χ1n) is 7.79. The van der Waals surface area contributed by atoms with Gasteiger partial charge in [-0.1, -0.05) is 13.8 Å². The Kier molecular flexibility index (Phi) is 6.79. The molecule has 2 aromatic rings. The van der Waals surface area contributed by atoms with Crippen molar-refractivity contribution in [2.24, 2.45) is 5.92 Å².